The SMILES string of the molecule is C=CCB1OC2C(C3CCC2(C)C3(C)C)N1S(=O)(=O)c1ccc(C)cc1. The Balaban J connectivity index is 1.81. The first-order chi connectivity index (χ1) is 12.1. The molecule has 6 heteroatoms. The van der Waals surface area contributed by atoms with Crippen molar-refractivity contribution in [1.29, 1.82) is 0 Å². The minimum atomic E-state index is -3.62. The van der Waals surface area contributed by atoms with Crippen molar-refractivity contribution in [2.45, 2.75) is 63.9 Å². The fourth-order valence-corrected chi connectivity index (χ4v) is 7.41. The minimum Gasteiger partial charge on any atom is -0.415 e. The maximum Gasteiger partial charge on any atom is 0.401 e. The molecule has 4 rings (SSSR count). The van der Waals surface area contributed by atoms with Crippen LogP contribution in [0.3, 0.4) is 0 Å². The molecule has 1 aromatic rings. The van der Waals surface area contributed by atoms with E-state index in [0.29, 0.717) is 17.1 Å². The normalized spacial score (nSPS) is 35.7. The Labute approximate surface area is 157 Å². The van der Waals surface area contributed by atoms with E-state index in [1.165, 1.54) is 0 Å². The molecule has 3 fully saturated rings. The number of rotatable bonds is 4. The number of nitrogens with zero attached hydrogens (tertiary/aromatic N) is 1. The molecule has 4 unspecified atom stereocenters. The van der Waals surface area contributed by atoms with E-state index in [4.69, 9.17) is 4.65 Å². The van der Waals surface area contributed by atoms with Crippen molar-refractivity contribution in [3.05, 3.63) is 42.5 Å². The van der Waals surface area contributed by atoms with Crippen LogP contribution in [0.5, 0.6) is 0 Å². The molecule has 3 aliphatic rings. The summed E-state index contributed by atoms with van der Waals surface area (Å²) in [4.78, 5) is 0.354. The van der Waals surface area contributed by atoms with Crippen LogP contribution in [0.15, 0.2) is 41.8 Å². The molecule has 140 valence electrons. The largest absolute Gasteiger partial charge is 0.415 e. The zero-order chi connectivity index (χ0) is 18.9. The van der Waals surface area contributed by atoms with Crippen molar-refractivity contribution in [3.8, 4) is 0 Å². The Kier molecular flexibility index (Phi) is 4.00. The first-order valence-electron chi connectivity index (χ1n) is 9.51. The van der Waals surface area contributed by atoms with Gasteiger partial charge in [0.2, 0.25) is 10.0 Å². The Hall–Kier alpha value is -1.11. The van der Waals surface area contributed by atoms with Gasteiger partial charge in [0.25, 0.3) is 0 Å². The van der Waals surface area contributed by atoms with Gasteiger partial charge in [-0.05, 0) is 55.0 Å². The Morgan fingerprint density at radius 3 is 2.58 bits per heavy atom. The lowest BCUT2D eigenvalue weighted by Gasteiger charge is -2.38. The average molecular weight is 373 g/mol. The first-order valence-corrected chi connectivity index (χ1v) is 10.9. The summed E-state index contributed by atoms with van der Waals surface area (Å²) < 4.78 is 35.3. The second kappa shape index (κ2) is 5.70. The van der Waals surface area contributed by atoms with Gasteiger partial charge in [0.15, 0.2) is 0 Å². The van der Waals surface area contributed by atoms with Crippen LogP contribution in [0, 0.1) is 23.7 Å². The van der Waals surface area contributed by atoms with E-state index in [2.05, 4.69) is 27.4 Å². The summed E-state index contributed by atoms with van der Waals surface area (Å²) in [5, 5.41) is 0. The predicted molar refractivity (Wildman–Crippen MR) is 104 cm³/mol. The molecule has 1 heterocycles. The van der Waals surface area contributed by atoms with Crippen LogP contribution >= 0.6 is 0 Å². The van der Waals surface area contributed by atoms with Gasteiger partial charge >= 0.3 is 7.05 Å². The second-order valence-corrected chi connectivity index (χ2v) is 10.8. The lowest BCUT2D eigenvalue weighted by Crippen LogP contribution is -2.48. The molecule has 2 bridgehead atoms. The molecule has 0 amide bonds. The average Bonchev–Trinajstić information content (AvgIpc) is 3.10. The van der Waals surface area contributed by atoms with Crippen LogP contribution in [0.1, 0.15) is 39.2 Å². The maximum atomic E-state index is 13.6. The van der Waals surface area contributed by atoms with Crippen molar-refractivity contribution in [1.82, 2.24) is 4.22 Å². The molecule has 4 nitrogen and oxygen atoms in total. The van der Waals surface area contributed by atoms with Crippen molar-refractivity contribution < 1.29 is 13.1 Å². The molecule has 2 aliphatic carbocycles. The number of hydrogen-bond acceptors (Lipinski definition) is 3. The molecule has 1 aliphatic heterocycles. The van der Waals surface area contributed by atoms with Gasteiger partial charge in [-0.25, -0.2) is 12.6 Å². The number of aryl methyl sites for hydroxylation is 1. The molecule has 2 saturated carbocycles. The van der Waals surface area contributed by atoms with E-state index in [9.17, 15) is 8.42 Å². The summed E-state index contributed by atoms with van der Waals surface area (Å²) in [7, 11) is -4.07. The van der Waals surface area contributed by atoms with E-state index in [0.717, 1.165) is 18.4 Å². The zero-order valence-electron chi connectivity index (χ0n) is 16.1. The highest BCUT2D eigenvalue weighted by molar-refractivity contribution is 7.90. The van der Waals surface area contributed by atoms with Crippen LogP contribution in [0.4, 0.5) is 0 Å². The molecule has 26 heavy (non-hydrogen) atoms. The van der Waals surface area contributed by atoms with Gasteiger partial charge in [0.05, 0.1) is 11.0 Å². The van der Waals surface area contributed by atoms with Gasteiger partial charge < -0.3 is 4.65 Å². The van der Waals surface area contributed by atoms with Crippen LogP contribution in [0.2, 0.25) is 6.32 Å². The topological polar surface area (TPSA) is 46.6 Å². The molecule has 0 radical (unpaired) electrons. The second-order valence-electron chi connectivity index (χ2n) is 8.96. The Bertz CT molecular complexity index is 835. The van der Waals surface area contributed by atoms with Crippen molar-refractivity contribution >= 4 is 17.1 Å². The predicted octanol–water partition coefficient (Wildman–Crippen LogP) is 3.88. The van der Waals surface area contributed by atoms with E-state index >= 15 is 0 Å². The van der Waals surface area contributed by atoms with E-state index < -0.39 is 17.1 Å². The smallest absolute Gasteiger partial charge is 0.401 e. The molecule has 1 saturated heterocycles. The van der Waals surface area contributed by atoms with Crippen molar-refractivity contribution in [2.24, 2.45) is 16.7 Å². The molecule has 0 aromatic heterocycles. The van der Waals surface area contributed by atoms with Crippen molar-refractivity contribution in [2.75, 3.05) is 0 Å². The summed E-state index contributed by atoms with van der Waals surface area (Å²) in [6.45, 7) is 12.6. The lowest BCUT2D eigenvalue weighted by atomic mass is 9.69. The third-order valence-electron chi connectivity index (χ3n) is 7.57. The van der Waals surface area contributed by atoms with Crippen LogP contribution in [0.25, 0.3) is 0 Å². The highest BCUT2D eigenvalue weighted by Gasteiger charge is 2.72. The van der Waals surface area contributed by atoms with Gasteiger partial charge in [-0.2, -0.15) is 0 Å². The Morgan fingerprint density at radius 1 is 1.31 bits per heavy atom. The number of allylic oxidation sites excluding steroid dienone is 1. The van der Waals surface area contributed by atoms with Crippen LogP contribution in [-0.4, -0.2) is 31.8 Å². The van der Waals surface area contributed by atoms with Crippen molar-refractivity contribution in [3.63, 3.8) is 0 Å². The third kappa shape index (κ3) is 2.18. The summed E-state index contributed by atoms with van der Waals surface area (Å²) in [5.74, 6) is 0.326. The molecule has 4 atom stereocenters. The molecule has 0 spiro atoms. The highest BCUT2D eigenvalue weighted by atomic mass is 32.2. The van der Waals surface area contributed by atoms with Gasteiger partial charge in [0, 0.05) is 6.04 Å². The summed E-state index contributed by atoms with van der Waals surface area (Å²) in [6.07, 6.45) is 4.40. The quantitative estimate of drug-likeness (QED) is 0.594. The third-order valence-corrected chi connectivity index (χ3v) is 9.47. The monoisotopic (exact) mass is 373 g/mol. The van der Waals surface area contributed by atoms with Gasteiger partial charge in [-0.3, -0.25) is 0 Å². The maximum absolute atomic E-state index is 13.6. The van der Waals surface area contributed by atoms with Gasteiger partial charge in [-0.1, -0.05) is 44.5 Å². The number of sulfonamides is 1. The number of benzene rings is 1. The summed E-state index contributed by atoms with van der Waals surface area (Å²) >= 11 is 0. The molecule has 0 N–H and O–H groups in total. The van der Waals surface area contributed by atoms with Gasteiger partial charge in [-0.15, -0.1) is 6.58 Å². The molecular weight excluding hydrogens is 345 g/mol. The lowest BCUT2D eigenvalue weighted by molar-refractivity contribution is 0.0352. The molecular formula is C20H28BNO3S. The van der Waals surface area contributed by atoms with E-state index in [1.807, 2.05) is 19.1 Å². The van der Waals surface area contributed by atoms with Crippen LogP contribution < -0.4 is 0 Å². The zero-order valence-corrected chi connectivity index (χ0v) is 16.9. The fraction of sp³-hybridized carbons (Fsp3) is 0.600. The number of fused-ring (bicyclic) bond motifs is 5. The standard InChI is InChI=1S/C20H28BNO3S/c1-6-13-21-22(26(23,24)15-9-7-14(2)8-10-15)17-16-11-12-20(5,18(17)25-21)19(16,3)4/h6-10,16-18H,1,11-13H2,2-5H3. The first kappa shape index (κ1) is 18.3. The number of hydrogen-bond donors (Lipinski definition) is 0. The highest BCUT2D eigenvalue weighted by Crippen LogP contribution is 2.69. The van der Waals surface area contributed by atoms with E-state index in [-0.39, 0.29) is 23.0 Å². The molecule has 1 aromatic carbocycles. The summed E-state index contributed by atoms with van der Waals surface area (Å²) in [5.41, 5.74) is 1.14. The minimum absolute atomic E-state index is 0.0132. The van der Waals surface area contributed by atoms with Gasteiger partial charge in [0.1, 0.15) is 0 Å². The van der Waals surface area contributed by atoms with Crippen LogP contribution in [-0.2, 0) is 14.7 Å². The summed E-state index contributed by atoms with van der Waals surface area (Å²) in [6, 6.07) is 7.05. The fourth-order valence-electron chi connectivity index (χ4n) is 5.67. The van der Waals surface area contributed by atoms with E-state index in [1.54, 1.807) is 22.4 Å². The Morgan fingerprint density at radius 2 is 1.96 bits per heavy atom.